The summed E-state index contributed by atoms with van der Waals surface area (Å²) in [6.07, 6.45) is -0.538. The summed E-state index contributed by atoms with van der Waals surface area (Å²) in [5.74, 6) is 0. The van der Waals surface area contributed by atoms with E-state index in [-0.39, 0.29) is 6.61 Å². The van der Waals surface area contributed by atoms with Gasteiger partial charge in [-0.2, -0.15) is 0 Å². The number of rotatable bonds is 3. The van der Waals surface area contributed by atoms with Gasteiger partial charge < -0.3 is 15.2 Å². The fourth-order valence-electron chi connectivity index (χ4n) is 1.65. The second-order valence-corrected chi connectivity index (χ2v) is 6.36. The fourth-order valence-corrected chi connectivity index (χ4v) is 2.28. The Labute approximate surface area is 122 Å². The van der Waals surface area contributed by atoms with Crippen molar-refractivity contribution in [1.82, 2.24) is 5.32 Å². The van der Waals surface area contributed by atoms with Gasteiger partial charge in [-0.05, 0) is 51.0 Å². The van der Waals surface area contributed by atoms with Crippen molar-refractivity contribution in [3.05, 3.63) is 33.8 Å². The number of aliphatic hydroxyl groups is 1. The number of carbonyl (C=O) groups excluding carboxylic acids is 1. The lowest BCUT2D eigenvalue weighted by atomic mass is 10.1. The molecule has 1 aromatic carbocycles. The lowest BCUT2D eigenvalue weighted by molar-refractivity contribution is 0.0482. The second-order valence-electron chi connectivity index (χ2n) is 5.44. The predicted molar refractivity (Wildman–Crippen MR) is 78.1 cm³/mol. The molecule has 0 aromatic heterocycles. The maximum Gasteiger partial charge on any atom is 0.408 e. The fraction of sp³-hybridized carbons (Fsp3) is 0.500. The summed E-state index contributed by atoms with van der Waals surface area (Å²) in [4.78, 5) is 11.7. The van der Waals surface area contributed by atoms with E-state index in [0.29, 0.717) is 0 Å². The van der Waals surface area contributed by atoms with Crippen molar-refractivity contribution in [3.63, 3.8) is 0 Å². The summed E-state index contributed by atoms with van der Waals surface area (Å²) in [6.45, 7) is 7.16. The van der Waals surface area contributed by atoms with Crippen LogP contribution < -0.4 is 5.32 Å². The minimum Gasteiger partial charge on any atom is -0.444 e. The summed E-state index contributed by atoms with van der Waals surface area (Å²) < 4.78 is 6.09. The van der Waals surface area contributed by atoms with Crippen molar-refractivity contribution in [2.45, 2.75) is 39.3 Å². The van der Waals surface area contributed by atoms with E-state index in [1.807, 2.05) is 25.1 Å². The van der Waals surface area contributed by atoms with E-state index < -0.39 is 17.7 Å². The van der Waals surface area contributed by atoms with Crippen LogP contribution in [0.2, 0.25) is 0 Å². The highest BCUT2D eigenvalue weighted by Gasteiger charge is 2.20. The highest BCUT2D eigenvalue weighted by Crippen LogP contribution is 2.21. The molecule has 5 heteroatoms. The van der Waals surface area contributed by atoms with Crippen molar-refractivity contribution in [2.75, 3.05) is 6.61 Å². The van der Waals surface area contributed by atoms with Gasteiger partial charge in [0.05, 0.1) is 12.6 Å². The Morgan fingerprint density at radius 3 is 2.53 bits per heavy atom. The molecule has 1 rings (SSSR count). The zero-order valence-electron chi connectivity index (χ0n) is 11.7. The summed E-state index contributed by atoms with van der Waals surface area (Å²) in [5.41, 5.74) is 1.33. The molecule has 0 saturated heterocycles. The van der Waals surface area contributed by atoms with Gasteiger partial charge in [0.25, 0.3) is 0 Å². The molecule has 106 valence electrons. The van der Waals surface area contributed by atoms with Gasteiger partial charge in [-0.15, -0.1) is 0 Å². The molecule has 1 atom stereocenters. The third-order valence-corrected chi connectivity index (χ3v) is 2.80. The summed E-state index contributed by atoms with van der Waals surface area (Å²) >= 11 is 3.40. The van der Waals surface area contributed by atoms with Gasteiger partial charge in [0.15, 0.2) is 0 Å². The number of ether oxygens (including phenoxy) is 1. The Balaban J connectivity index is 2.81. The van der Waals surface area contributed by atoms with Crippen molar-refractivity contribution >= 4 is 22.0 Å². The third kappa shape index (κ3) is 5.61. The Morgan fingerprint density at radius 1 is 1.42 bits per heavy atom. The first-order chi connectivity index (χ1) is 8.71. The number of hydrogen-bond donors (Lipinski definition) is 2. The van der Waals surface area contributed by atoms with Crippen LogP contribution in [0.5, 0.6) is 0 Å². The van der Waals surface area contributed by atoms with E-state index in [1.165, 1.54) is 0 Å². The molecular formula is C14H20BrNO3. The molecule has 0 saturated carbocycles. The Hall–Kier alpha value is -1.07. The number of aliphatic hydroxyl groups excluding tert-OH is 1. The molecular weight excluding hydrogens is 310 g/mol. The van der Waals surface area contributed by atoms with Crippen molar-refractivity contribution < 1.29 is 14.6 Å². The SMILES string of the molecule is Cc1cc(Br)cc([C@@H](CO)NC(=O)OC(C)(C)C)c1. The van der Waals surface area contributed by atoms with Crippen LogP contribution in [0, 0.1) is 6.92 Å². The first-order valence-corrected chi connectivity index (χ1v) is 6.88. The predicted octanol–water partition coefficient (Wildman–Crippen LogP) is 3.32. The molecule has 0 spiro atoms. The van der Waals surface area contributed by atoms with Crippen LogP contribution in [-0.4, -0.2) is 23.4 Å². The van der Waals surface area contributed by atoms with Gasteiger partial charge in [-0.3, -0.25) is 0 Å². The van der Waals surface area contributed by atoms with Crippen LogP contribution in [0.1, 0.15) is 37.9 Å². The van der Waals surface area contributed by atoms with Gasteiger partial charge in [0.1, 0.15) is 5.60 Å². The third-order valence-electron chi connectivity index (χ3n) is 2.34. The van der Waals surface area contributed by atoms with E-state index in [4.69, 9.17) is 4.74 Å². The molecule has 0 aliphatic heterocycles. The molecule has 0 heterocycles. The van der Waals surface area contributed by atoms with E-state index in [9.17, 15) is 9.90 Å². The lowest BCUT2D eigenvalue weighted by Crippen LogP contribution is -2.36. The van der Waals surface area contributed by atoms with Crippen LogP contribution in [0.25, 0.3) is 0 Å². The van der Waals surface area contributed by atoms with Gasteiger partial charge >= 0.3 is 6.09 Å². The van der Waals surface area contributed by atoms with Crippen LogP contribution in [0.4, 0.5) is 4.79 Å². The minimum atomic E-state index is -0.558. The Bertz CT molecular complexity index is 434. The van der Waals surface area contributed by atoms with Gasteiger partial charge in [0, 0.05) is 4.47 Å². The van der Waals surface area contributed by atoms with Gasteiger partial charge in [-0.25, -0.2) is 4.79 Å². The van der Waals surface area contributed by atoms with E-state index >= 15 is 0 Å². The van der Waals surface area contributed by atoms with Crippen molar-refractivity contribution in [1.29, 1.82) is 0 Å². The molecule has 2 N–H and O–H groups in total. The Kier molecular flexibility index (Phi) is 5.38. The second kappa shape index (κ2) is 6.39. The Morgan fingerprint density at radius 2 is 2.05 bits per heavy atom. The summed E-state index contributed by atoms with van der Waals surface area (Å²) in [7, 11) is 0. The normalized spacial score (nSPS) is 12.9. The number of halogens is 1. The molecule has 0 bridgehead atoms. The maximum absolute atomic E-state index is 11.7. The lowest BCUT2D eigenvalue weighted by Gasteiger charge is -2.23. The van der Waals surface area contributed by atoms with Crippen LogP contribution in [0.15, 0.2) is 22.7 Å². The monoisotopic (exact) mass is 329 g/mol. The number of carbonyl (C=O) groups is 1. The topological polar surface area (TPSA) is 58.6 Å². The smallest absolute Gasteiger partial charge is 0.408 e. The van der Waals surface area contributed by atoms with Gasteiger partial charge in [0.2, 0.25) is 0 Å². The van der Waals surface area contributed by atoms with Crippen LogP contribution in [0.3, 0.4) is 0 Å². The standard InChI is InChI=1S/C14H20BrNO3/c1-9-5-10(7-11(15)6-9)12(8-17)16-13(18)19-14(2,3)4/h5-7,12,17H,8H2,1-4H3,(H,16,18)/t12-/m1/s1. The number of nitrogens with one attached hydrogen (secondary N) is 1. The van der Waals surface area contributed by atoms with Crippen LogP contribution in [-0.2, 0) is 4.74 Å². The molecule has 1 aromatic rings. The van der Waals surface area contributed by atoms with Crippen LogP contribution >= 0.6 is 15.9 Å². The number of amides is 1. The molecule has 0 aliphatic rings. The summed E-state index contributed by atoms with van der Waals surface area (Å²) in [6, 6.07) is 5.27. The average Bonchev–Trinajstić information content (AvgIpc) is 2.21. The zero-order chi connectivity index (χ0) is 14.6. The maximum atomic E-state index is 11.7. The number of benzene rings is 1. The number of alkyl carbamates (subject to hydrolysis) is 1. The van der Waals surface area contributed by atoms with Gasteiger partial charge in [-0.1, -0.05) is 22.0 Å². The van der Waals surface area contributed by atoms with Crippen molar-refractivity contribution in [2.24, 2.45) is 0 Å². The molecule has 1 amide bonds. The molecule has 0 unspecified atom stereocenters. The van der Waals surface area contributed by atoms with E-state index in [2.05, 4.69) is 21.2 Å². The highest BCUT2D eigenvalue weighted by atomic mass is 79.9. The summed E-state index contributed by atoms with van der Waals surface area (Å²) in [5, 5.41) is 12.1. The molecule has 19 heavy (non-hydrogen) atoms. The quantitative estimate of drug-likeness (QED) is 0.894. The number of hydrogen-bond acceptors (Lipinski definition) is 3. The largest absolute Gasteiger partial charge is 0.444 e. The molecule has 0 radical (unpaired) electrons. The minimum absolute atomic E-state index is 0.185. The van der Waals surface area contributed by atoms with Crippen molar-refractivity contribution in [3.8, 4) is 0 Å². The molecule has 0 aliphatic carbocycles. The molecule has 0 fully saturated rings. The first kappa shape index (κ1) is 16.0. The van der Waals surface area contributed by atoms with E-state index in [0.717, 1.165) is 15.6 Å². The average molecular weight is 330 g/mol. The highest BCUT2D eigenvalue weighted by molar-refractivity contribution is 9.10. The van der Waals surface area contributed by atoms with E-state index in [1.54, 1.807) is 20.8 Å². The first-order valence-electron chi connectivity index (χ1n) is 6.09. The molecule has 4 nitrogen and oxygen atoms in total. The number of aryl methyl sites for hydroxylation is 1. The zero-order valence-corrected chi connectivity index (χ0v) is 13.2.